The van der Waals surface area contributed by atoms with Gasteiger partial charge in [0.25, 0.3) is 0 Å². The molecule has 0 saturated heterocycles. The summed E-state index contributed by atoms with van der Waals surface area (Å²) in [7, 11) is 0. The lowest BCUT2D eigenvalue weighted by atomic mass is 10.0. The Morgan fingerprint density at radius 3 is 0.940 bits per heavy atom. The number of carbonyl (C=O) groups excluding carboxylic acids is 3. The predicted octanol–water partition coefficient (Wildman–Crippen LogP) is 19.2. The highest BCUT2D eigenvalue weighted by atomic mass is 16.6. The van der Waals surface area contributed by atoms with Crippen molar-refractivity contribution in [2.45, 2.75) is 297 Å². The van der Waals surface area contributed by atoms with Gasteiger partial charge in [-0.05, 0) is 103 Å². The SMILES string of the molecule is CCC/C=C\CCCCCCCC(=O)OCC(COC(=O)CCCCCCCCCCCCCC/C=C\C/C=C\C/C=C\CCCCCCC)OC(=O)CCCCCCC/C=C\CCCCC. The van der Waals surface area contributed by atoms with Gasteiger partial charge in [-0.25, -0.2) is 0 Å². The summed E-state index contributed by atoms with van der Waals surface area (Å²) >= 11 is 0. The van der Waals surface area contributed by atoms with E-state index < -0.39 is 6.10 Å². The molecular formula is C61H108O6. The van der Waals surface area contributed by atoms with Crippen molar-refractivity contribution in [1.82, 2.24) is 0 Å². The summed E-state index contributed by atoms with van der Waals surface area (Å²) in [6.45, 7) is 6.54. The summed E-state index contributed by atoms with van der Waals surface area (Å²) in [5, 5.41) is 0. The maximum Gasteiger partial charge on any atom is 0.306 e. The number of hydrogen-bond acceptors (Lipinski definition) is 6. The molecule has 1 unspecified atom stereocenters. The Balaban J connectivity index is 4.16. The van der Waals surface area contributed by atoms with Crippen LogP contribution < -0.4 is 0 Å². The number of carbonyl (C=O) groups is 3. The molecule has 0 radical (unpaired) electrons. The lowest BCUT2D eigenvalue weighted by Gasteiger charge is -2.18. The number of allylic oxidation sites excluding steroid dienone is 10. The molecule has 0 amide bonds. The third-order valence-corrected chi connectivity index (χ3v) is 12.4. The Labute approximate surface area is 415 Å². The molecule has 0 saturated carbocycles. The summed E-state index contributed by atoms with van der Waals surface area (Å²) in [4.78, 5) is 38.0. The smallest absolute Gasteiger partial charge is 0.306 e. The average Bonchev–Trinajstić information content (AvgIpc) is 3.33. The van der Waals surface area contributed by atoms with Crippen LogP contribution >= 0.6 is 0 Å². The van der Waals surface area contributed by atoms with Crippen LogP contribution in [0.15, 0.2) is 60.8 Å². The molecule has 0 rings (SSSR count). The highest BCUT2D eigenvalue weighted by molar-refractivity contribution is 5.71. The van der Waals surface area contributed by atoms with Crippen molar-refractivity contribution in [2.24, 2.45) is 0 Å². The van der Waals surface area contributed by atoms with E-state index in [-0.39, 0.29) is 31.1 Å². The second kappa shape index (κ2) is 55.7. The first-order valence-corrected chi connectivity index (χ1v) is 28.8. The zero-order valence-corrected chi connectivity index (χ0v) is 44.4. The van der Waals surface area contributed by atoms with Gasteiger partial charge in [0.05, 0.1) is 0 Å². The summed E-state index contributed by atoms with van der Waals surface area (Å²) in [5.41, 5.74) is 0. The van der Waals surface area contributed by atoms with Gasteiger partial charge in [-0.15, -0.1) is 0 Å². The van der Waals surface area contributed by atoms with Crippen LogP contribution in [0.4, 0.5) is 0 Å². The Hall–Kier alpha value is -2.89. The zero-order chi connectivity index (χ0) is 48.6. The van der Waals surface area contributed by atoms with E-state index in [1.807, 2.05) is 0 Å². The predicted molar refractivity (Wildman–Crippen MR) is 288 cm³/mol. The fourth-order valence-electron chi connectivity index (χ4n) is 8.09. The van der Waals surface area contributed by atoms with E-state index in [4.69, 9.17) is 14.2 Å². The normalized spacial score (nSPS) is 12.5. The fourth-order valence-corrected chi connectivity index (χ4v) is 8.09. The molecule has 0 N–H and O–H groups in total. The van der Waals surface area contributed by atoms with Gasteiger partial charge in [0.1, 0.15) is 13.2 Å². The van der Waals surface area contributed by atoms with Gasteiger partial charge in [0.15, 0.2) is 6.10 Å². The minimum absolute atomic E-state index is 0.0802. The van der Waals surface area contributed by atoms with Crippen LogP contribution in [0.3, 0.4) is 0 Å². The minimum atomic E-state index is -0.780. The molecule has 0 heterocycles. The number of esters is 3. The second-order valence-electron chi connectivity index (χ2n) is 19.2. The molecule has 67 heavy (non-hydrogen) atoms. The maximum atomic E-state index is 12.8. The van der Waals surface area contributed by atoms with Gasteiger partial charge in [-0.1, -0.05) is 229 Å². The third-order valence-electron chi connectivity index (χ3n) is 12.4. The maximum absolute atomic E-state index is 12.8. The van der Waals surface area contributed by atoms with Gasteiger partial charge < -0.3 is 14.2 Å². The highest BCUT2D eigenvalue weighted by Crippen LogP contribution is 2.15. The zero-order valence-electron chi connectivity index (χ0n) is 44.4. The van der Waals surface area contributed by atoms with Crippen molar-refractivity contribution in [3.8, 4) is 0 Å². The molecule has 0 fully saturated rings. The van der Waals surface area contributed by atoms with Crippen LogP contribution in [0.5, 0.6) is 0 Å². The van der Waals surface area contributed by atoms with Crippen molar-refractivity contribution in [2.75, 3.05) is 13.2 Å². The van der Waals surface area contributed by atoms with Crippen LogP contribution in [0.25, 0.3) is 0 Å². The largest absolute Gasteiger partial charge is 0.462 e. The van der Waals surface area contributed by atoms with Crippen molar-refractivity contribution in [3.05, 3.63) is 60.8 Å². The van der Waals surface area contributed by atoms with Gasteiger partial charge in [-0.3, -0.25) is 14.4 Å². The lowest BCUT2D eigenvalue weighted by Crippen LogP contribution is -2.30. The van der Waals surface area contributed by atoms with E-state index in [2.05, 4.69) is 81.5 Å². The van der Waals surface area contributed by atoms with Crippen molar-refractivity contribution < 1.29 is 28.6 Å². The molecule has 0 aromatic heterocycles. The van der Waals surface area contributed by atoms with Crippen molar-refractivity contribution in [1.29, 1.82) is 0 Å². The minimum Gasteiger partial charge on any atom is -0.462 e. The van der Waals surface area contributed by atoms with Gasteiger partial charge in [0, 0.05) is 19.3 Å². The average molecular weight is 938 g/mol. The van der Waals surface area contributed by atoms with Crippen molar-refractivity contribution >= 4 is 17.9 Å². The van der Waals surface area contributed by atoms with Crippen LogP contribution in [0.1, 0.15) is 290 Å². The third kappa shape index (κ3) is 53.9. The van der Waals surface area contributed by atoms with E-state index in [1.54, 1.807) is 0 Å². The molecule has 0 aliphatic heterocycles. The summed E-state index contributed by atoms with van der Waals surface area (Å²) in [6.07, 6.45) is 69.4. The molecule has 0 aliphatic rings. The molecular weight excluding hydrogens is 829 g/mol. The first-order chi connectivity index (χ1) is 33.0. The summed E-state index contributed by atoms with van der Waals surface area (Å²) < 4.78 is 16.8. The van der Waals surface area contributed by atoms with E-state index in [1.165, 1.54) is 154 Å². The Bertz CT molecular complexity index is 1210. The fraction of sp³-hybridized carbons (Fsp3) is 0.787. The van der Waals surface area contributed by atoms with Gasteiger partial charge in [-0.2, -0.15) is 0 Å². The van der Waals surface area contributed by atoms with E-state index in [0.29, 0.717) is 19.3 Å². The topological polar surface area (TPSA) is 78.9 Å². The summed E-state index contributed by atoms with van der Waals surface area (Å²) in [6, 6.07) is 0. The van der Waals surface area contributed by atoms with Gasteiger partial charge >= 0.3 is 17.9 Å². The van der Waals surface area contributed by atoms with Crippen molar-refractivity contribution in [3.63, 3.8) is 0 Å². The van der Waals surface area contributed by atoms with E-state index in [9.17, 15) is 14.4 Å². The standard InChI is InChI=1S/C61H108O6/c1-4-7-10-13-16-19-22-24-25-26-27-28-29-30-31-32-33-34-35-36-37-38-40-42-45-48-51-54-60(63)66-57-58(56-65-59(62)53-50-47-44-41-21-18-15-12-9-6-3)67-61(64)55-52-49-46-43-39-23-20-17-14-11-8-5-2/h12,15,17,20,22,24,26-27,29-30,58H,4-11,13-14,16,18-19,21,23,25,28,31-57H2,1-3H3/b15-12-,20-17-,24-22-,27-26-,30-29-. The molecule has 388 valence electrons. The Morgan fingerprint density at radius 2 is 0.567 bits per heavy atom. The van der Waals surface area contributed by atoms with E-state index in [0.717, 1.165) is 96.3 Å². The highest BCUT2D eigenvalue weighted by Gasteiger charge is 2.19. The molecule has 0 bridgehead atoms. The molecule has 0 aromatic rings. The lowest BCUT2D eigenvalue weighted by molar-refractivity contribution is -0.167. The quantitative estimate of drug-likeness (QED) is 0.0262. The number of unbranched alkanes of at least 4 members (excludes halogenated alkanes) is 31. The van der Waals surface area contributed by atoms with Gasteiger partial charge in [0.2, 0.25) is 0 Å². The molecule has 6 nitrogen and oxygen atoms in total. The van der Waals surface area contributed by atoms with E-state index >= 15 is 0 Å². The monoisotopic (exact) mass is 937 g/mol. The molecule has 6 heteroatoms. The van der Waals surface area contributed by atoms with Crippen LogP contribution in [-0.2, 0) is 28.6 Å². The second-order valence-corrected chi connectivity index (χ2v) is 19.2. The first kappa shape index (κ1) is 64.1. The number of rotatable bonds is 52. The molecule has 0 spiro atoms. The Morgan fingerprint density at radius 1 is 0.299 bits per heavy atom. The molecule has 1 atom stereocenters. The van der Waals surface area contributed by atoms with Crippen LogP contribution in [-0.4, -0.2) is 37.2 Å². The molecule has 0 aliphatic carbocycles. The molecule has 0 aromatic carbocycles. The van der Waals surface area contributed by atoms with Crippen LogP contribution in [0, 0.1) is 0 Å². The summed E-state index contributed by atoms with van der Waals surface area (Å²) in [5.74, 6) is -0.896. The first-order valence-electron chi connectivity index (χ1n) is 28.8. The number of ether oxygens (including phenoxy) is 3. The number of hydrogen-bond donors (Lipinski definition) is 0. The Kier molecular flexibility index (Phi) is 53.3. The van der Waals surface area contributed by atoms with Crippen LogP contribution in [0.2, 0.25) is 0 Å².